The molecule has 0 saturated heterocycles. The van der Waals surface area contributed by atoms with Crippen LogP contribution >= 0.6 is 0 Å². The van der Waals surface area contributed by atoms with Crippen molar-refractivity contribution in [3.63, 3.8) is 0 Å². The average molecular weight is 353 g/mol. The number of ether oxygens (including phenoxy) is 2. The molecule has 0 N–H and O–H groups in total. The zero-order valence-electron chi connectivity index (χ0n) is 13.8. The van der Waals surface area contributed by atoms with Crippen LogP contribution in [0.15, 0.2) is 47.4 Å². The summed E-state index contributed by atoms with van der Waals surface area (Å²) in [4.78, 5) is -0.196. The first-order chi connectivity index (χ1) is 11.4. The smallest absolute Gasteiger partial charge is 0.246 e. The molecule has 0 fully saturated rings. The molecule has 0 unspecified atom stereocenters. The highest BCUT2D eigenvalue weighted by Crippen LogP contribution is 2.27. The van der Waals surface area contributed by atoms with Crippen LogP contribution in [-0.4, -0.2) is 33.5 Å². The largest absolute Gasteiger partial charge is 0.495 e. The predicted molar refractivity (Wildman–Crippen MR) is 89.2 cm³/mol. The molecule has 0 spiro atoms. The van der Waals surface area contributed by atoms with Gasteiger partial charge in [0.15, 0.2) is 0 Å². The Balaban J connectivity index is 2.24. The zero-order chi connectivity index (χ0) is 17.7. The Hall–Kier alpha value is -2.12. The molecule has 0 amide bonds. The van der Waals surface area contributed by atoms with Crippen molar-refractivity contribution in [3.8, 4) is 11.5 Å². The number of nitrogens with zero attached hydrogens (tertiary/aromatic N) is 1. The standard InChI is InChI=1S/C17H20FNO4S/c1-4-23-15-8-5-13(6-9-15)12-19(2)24(20,21)17-11-14(18)7-10-16(17)22-3/h5-11H,4,12H2,1-3H3. The molecule has 0 aliphatic rings. The van der Waals surface area contributed by atoms with Crippen LogP contribution in [0, 0.1) is 5.82 Å². The van der Waals surface area contributed by atoms with Crippen molar-refractivity contribution in [2.45, 2.75) is 18.4 Å². The number of hydrogen-bond donors (Lipinski definition) is 0. The van der Waals surface area contributed by atoms with Crippen LogP contribution in [0.3, 0.4) is 0 Å². The van der Waals surface area contributed by atoms with E-state index in [4.69, 9.17) is 9.47 Å². The van der Waals surface area contributed by atoms with Gasteiger partial charge in [-0.15, -0.1) is 0 Å². The van der Waals surface area contributed by atoms with E-state index in [1.54, 1.807) is 24.3 Å². The van der Waals surface area contributed by atoms with E-state index in [-0.39, 0.29) is 17.2 Å². The zero-order valence-corrected chi connectivity index (χ0v) is 14.6. The van der Waals surface area contributed by atoms with Crippen molar-refractivity contribution in [1.82, 2.24) is 4.31 Å². The molecule has 0 aromatic heterocycles. The SMILES string of the molecule is CCOc1ccc(CN(C)S(=O)(=O)c2cc(F)ccc2OC)cc1. The first-order valence-electron chi connectivity index (χ1n) is 7.40. The molecule has 0 radical (unpaired) electrons. The Morgan fingerprint density at radius 3 is 2.38 bits per heavy atom. The number of sulfonamides is 1. The summed E-state index contributed by atoms with van der Waals surface area (Å²) < 4.78 is 50.4. The lowest BCUT2D eigenvalue weighted by Crippen LogP contribution is -2.27. The van der Waals surface area contributed by atoms with Gasteiger partial charge in [-0.3, -0.25) is 0 Å². The summed E-state index contributed by atoms with van der Waals surface area (Å²) in [7, 11) is -1.10. The first-order valence-corrected chi connectivity index (χ1v) is 8.84. The highest BCUT2D eigenvalue weighted by Gasteiger charge is 2.25. The van der Waals surface area contributed by atoms with Gasteiger partial charge in [-0.2, -0.15) is 4.31 Å². The fourth-order valence-electron chi connectivity index (χ4n) is 2.22. The second-order valence-electron chi connectivity index (χ2n) is 5.13. The van der Waals surface area contributed by atoms with E-state index in [0.717, 1.165) is 27.8 Å². The molecule has 130 valence electrons. The summed E-state index contributed by atoms with van der Waals surface area (Å²) >= 11 is 0. The fraction of sp³-hybridized carbons (Fsp3) is 0.294. The van der Waals surface area contributed by atoms with Gasteiger partial charge < -0.3 is 9.47 Å². The summed E-state index contributed by atoms with van der Waals surface area (Å²) in [5.74, 6) is 0.192. The van der Waals surface area contributed by atoms with Gasteiger partial charge in [0, 0.05) is 13.6 Å². The third kappa shape index (κ3) is 4.04. The minimum Gasteiger partial charge on any atom is -0.495 e. The lowest BCUT2D eigenvalue weighted by molar-refractivity contribution is 0.340. The molecule has 7 heteroatoms. The van der Waals surface area contributed by atoms with E-state index in [1.165, 1.54) is 20.2 Å². The number of benzene rings is 2. The Labute approximate surface area is 141 Å². The molecule has 0 aliphatic carbocycles. The highest BCUT2D eigenvalue weighted by atomic mass is 32.2. The Bertz CT molecular complexity index is 791. The maximum Gasteiger partial charge on any atom is 0.246 e. The van der Waals surface area contributed by atoms with Gasteiger partial charge in [0.05, 0.1) is 13.7 Å². The lowest BCUT2D eigenvalue weighted by Gasteiger charge is -2.19. The van der Waals surface area contributed by atoms with Crippen LogP contribution in [0.1, 0.15) is 12.5 Å². The van der Waals surface area contributed by atoms with E-state index in [1.807, 2.05) is 6.92 Å². The van der Waals surface area contributed by atoms with E-state index in [9.17, 15) is 12.8 Å². The van der Waals surface area contributed by atoms with Gasteiger partial charge >= 0.3 is 0 Å². The predicted octanol–water partition coefficient (Wildman–Crippen LogP) is 3.05. The first kappa shape index (κ1) is 18.2. The van der Waals surface area contributed by atoms with E-state index < -0.39 is 15.8 Å². The third-order valence-corrected chi connectivity index (χ3v) is 5.28. The average Bonchev–Trinajstić information content (AvgIpc) is 2.56. The van der Waals surface area contributed by atoms with Crippen LogP contribution < -0.4 is 9.47 Å². The topological polar surface area (TPSA) is 55.8 Å². The van der Waals surface area contributed by atoms with Crippen molar-refractivity contribution in [3.05, 3.63) is 53.8 Å². The van der Waals surface area contributed by atoms with Crippen molar-refractivity contribution in [2.75, 3.05) is 20.8 Å². The maximum absolute atomic E-state index is 13.5. The summed E-state index contributed by atoms with van der Waals surface area (Å²) in [5.41, 5.74) is 0.792. The van der Waals surface area contributed by atoms with Gasteiger partial charge in [0.25, 0.3) is 0 Å². The molecule has 0 bridgehead atoms. The summed E-state index contributed by atoms with van der Waals surface area (Å²) in [5, 5.41) is 0. The maximum atomic E-state index is 13.5. The number of hydrogen-bond acceptors (Lipinski definition) is 4. The van der Waals surface area contributed by atoms with Gasteiger partial charge in [-0.25, -0.2) is 12.8 Å². The number of halogens is 1. The van der Waals surface area contributed by atoms with Crippen LogP contribution in [0.4, 0.5) is 4.39 Å². The van der Waals surface area contributed by atoms with Crippen LogP contribution in [0.25, 0.3) is 0 Å². The molecule has 5 nitrogen and oxygen atoms in total. The molecule has 0 atom stereocenters. The van der Waals surface area contributed by atoms with Crippen molar-refractivity contribution >= 4 is 10.0 Å². The van der Waals surface area contributed by atoms with E-state index in [2.05, 4.69) is 0 Å². The van der Waals surface area contributed by atoms with E-state index >= 15 is 0 Å². The fourth-order valence-corrected chi connectivity index (χ4v) is 3.54. The molecule has 2 aromatic rings. The molecule has 2 rings (SSSR count). The second kappa shape index (κ2) is 7.63. The molecule has 0 aliphatic heterocycles. The summed E-state index contributed by atoms with van der Waals surface area (Å²) in [6.45, 7) is 2.60. The van der Waals surface area contributed by atoms with Crippen molar-refractivity contribution < 1.29 is 22.3 Å². The Morgan fingerprint density at radius 1 is 1.12 bits per heavy atom. The van der Waals surface area contributed by atoms with Gasteiger partial charge in [0.1, 0.15) is 22.2 Å². The summed E-state index contributed by atoms with van der Waals surface area (Å²) in [6.07, 6.45) is 0. The quantitative estimate of drug-likeness (QED) is 0.768. The van der Waals surface area contributed by atoms with Crippen LogP contribution in [-0.2, 0) is 16.6 Å². The second-order valence-corrected chi connectivity index (χ2v) is 7.15. The van der Waals surface area contributed by atoms with E-state index in [0.29, 0.717) is 6.61 Å². The lowest BCUT2D eigenvalue weighted by atomic mass is 10.2. The molecule has 24 heavy (non-hydrogen) atoms. The summed E-state index contributed by atoms with van der Waals surface area (Å²) in [6, 6.07) is 10.6. The monoisotopic (exact) mass is 353 g/mol. The molecule has 0 saturated carbocycles. The van der Waals surface area contributed by atoms with Gasteiger partial charge in [-0.1, -0.05) is 12.1 Å². The van der Waals surface area contributed by atoms with Gasteiger partial charge in [-0.05, 0) is 42.8 Å². The van der Waals surface area contributed by atoms with Crippen LogP contribution in [0.5, 0.6) is 11.5 Å². The minimum absolute atomic E-state index is 0.106. The van der Waals surface area contributed by atoms with Crippen molar-refractivity contribution in [2.24, 2.45) is 0 Å². The Kier molecular flexibility index (Phi) is 5.80. The van der Waals surface area contributed by atoms with Crippen LogP contribution in [0.2, 0.25) is 0 Å². The number of methoxy groups -OCH3 is 1. The highest BCUT2D eigenvalue weighted by molar-refractivity contribution is 7.89. The minimum atomic E-state index is -3.89. The van der Waals surface area contributed by atoms with Gasteiger partial charge in [0.2, 0.25) is 10.0 Å². The van der Waals surface area contributed by atoms with Crippen molar-refractivity contribution in [1.29, 1.82) is 0 Å². The molecular weight excluding hydrogens is 333 g/mol. The molecule has 0 heterocycles. The normalized spacial score (nSPS) is 11.5. The molecular formula is C17H20FNO4S. The Morgan fingerprint density at radius 2 is 1.79 bits per heavy atom. The third-order valence-electron chi connectivity index (χ3n) is 3.45. The molecule has 2 aromatic carbocycles. The number of rotatable bonds is 7.